The Morgan fingerprint density at radius 2 is 1.83 bits per heavy atom. The molecule has 0 fully saturated rings. The molecule has 3 rings (SSSR count). The Bertz CT molecular complexity index is 1180. The fourth-order valence-corrected chi connectivity index (χ4v) is 5.28. The van der Waals surface area contributed by atoms with Crippen molar-refractivity contribution in [2.75, 3.05) is 38.3 Å². The molecular weight excluding hydrogens is 465 g/mol. The molecule has 0 aliphatic carbocycles. The molecule has 2 aromatic carbocycles. The van der Waals surface area contributed by atoms with Crippen molar-refractivity contribution < 1.29 is 13.2 Å². The minimum absolute atomic E-state index is 0. The Labute approximate surface area is 191 Å². The van der Waals surface area contributed by atoms with Gasteiger partial charge in [0.1, 0.15) is 0 Å². The van der Waals surface area contributed by atoms with Gasteiger partial charge in [0.2, 0.25) is 0 Å². The highest BCUT2D eigenvalue weighted by molar-refractivity contribution is 7.90. The van der Waals surface area contributed by atoms with Crippen LogP contribution in [-0.4, -0.2) is 57.6 Å². The van der Waals surface area contributed by atoms with Gasteiger partial charge < -0.3 is 4.90 Å². The van der Waals surface area contributed by atoms with E-state index in [9.17, 15) is 13.2 Å². The molecule has 0 aliphatic rings. The summed E-state index contributed by atoms with van der Waals surface area (Å²) in [6.45, 7) is 2.89. The SMILES string of the molecule is Cc1cc(Cl)cc2sc(N(CCN(C)C)C(=O)c3ccccc3S(C)(=O)=O)nc12.Cl. The lowest BCUT2D eigenvalue weighted by Gasteiger charge is -2.22. The molecule has 0 saturated carbocycles. The van der Waals surface area contributed by atoms with Crippen LogP contribution in [0, 0.1) is 6.92 Å². The highest BCUT2D eigenvalue weighted by Crippen LogP contribution is 2.34. The van der Waals surface area contributed by atoms with E-state index < -0.39 is 15.7 Å². The number of sulfone groups is 1. The first-order valence-electron chi connectivity index (χ1n) is 8.90. The number of fused-ring (bicyclic) bond motifs is 1. The number of halogens is 2. The standard InChI is InChI=1S/C20H22ClN3O3S2.ClH/c1-13-11-14(21)12-16-18(13)22-20(28-16)24(10-9-23(2)3)19(25)15-7-5-6-8-17(15)29(4,26)27;/h5-8,11-12H,9-10H2,1-4H3;1H. The van der Waals surface area contributed by atoms with Gasteiger partial charge in [-0.25, -0.2) is 13.4 Å². The second-order valence-corrected chi connectivity index (χ2v) is 10.5. The van der Waals surface area contributed by atoms with E-state index in [0.717, 1.165) is 22.0 Å². The average molecular weight is 488 g/mol. The number of aromatic nitrogens is 1. The van der Waals surface area contributed by atoms with Crippen LogP contribution in [0.25, 0.3) is 10.2 Å². The van der Waals surface area contributed by atoms with Gasteiger partial charge in [-0.1, -0.05) is 35.1 Å². The number of carbonyl (C=O) groups excluding carboxylic acids is 1. The Balaban J connectivity index is 0.00000320. The summed E-state index contributed by atoms with van der Waals surface area (Å²) in [6.07, 6.45) is 1.10. The molecule has 0 aliphatic heterocycles. The molecular formula is C20H23Cl2N3O3S2. The lowest BCUT2D eigenvalue weighted by Crippen LogP contribution is -2.37. The number of hydrogen-bond acceptors (Lipinski definition) is 6. The van der Waals surface area contributed by atoms with Crippen molar-refractivity contribution in [1.82, 2.24) is 9.88 Å². The number of benzene rings is 2. The van der Waals surface area contributed by atoms with Crippen LogP contribution in [0.1, 0.15) is 15.9 Å². The molecule has 0 saturated heterocycles. The van der Waals surface area contributed by atoms with Crippen LogP contribution in [-0.2, 0) is 9.84 Å². The van der Waals surface area contributed by atoms with Crippen LogP contribution in [0.15, 0.2) is 41.3 Å². The summed E-state index contributed by atoms with van der Waals surface area (Å²) in [4.78, 5) is 21.6. The summed E-state index contributed by atoms with van der Waals surface area (Å²) >= 11 is 7.53. The number of likely N-dealkylation sites (N-methyl/N-ethyl adjacent to an activating group) is 1. The van der Waals surface area contributed by atoms with Crippen LogP contribution >= 0.6 is 35.3 Å². The Morgan fingerprint density at radius 3 is 2.47 bits per heavy atom. The Hall–Kier alpha value is -1.71. The third-order valence-corrected chi connectivity index (χ3v) is 6.80. The lowest BCUT2D eigenvalue weighted by molar-refractivity contribution is 0.0982. The Kier molecular flexibility index (Phi) is 7.87. The van der Waals surface area contributed by atoms with Crippen molar-refractivity contribution in [3.63, 3.8) is 0 Å². The quantitative estimate of drug-likeness (QED) is 0.518. The first-order valence-corrected chi connectivity index (χ1v) is 12.0. The van der Waals surface area contributed by atoms with E-state index in [1.807, 2.05) is 38.1 Å². The average Bonchev–Trinajstić information content (AvgIpc) is 3.04. The van der Waals surface area contributed by atoms with Gasteiger partial charge in [-0.05, 0) is 50.8 Å². The smallest absolute Gasteiger partial charge is 0.261 e. The molecule has 0 radical (unpaired) electrons. The number of thiazole rings is 1. The van der Waals surface area contributed by atoms with Crippen molar-refractivity contribution in [2.45, 2.75) is 11.8 Å². The number of anilines is 1. The van der Waals surface area contributed by atoms with Gasteiger partial charge in [-0.2, -0.15) is 0 Å². The summed E-state index contributed by atoms with van der Waals surface area (Å²) in [5.74, 6) is -0.393. The van der Waals surface area contributed by atoms with E-state index >= 15 is 0 Å². The normalized spacial score (nSPS) is 11.5. The molecule has 0 atom stereocenters. The first kappa shape index (κ1) is 24.6. The molecule has 3 aromatic rings. The van der Waals surface area contributed by atoms with Crippen molar-refractivity contribution in [1.29, 1.82) is 0 Å². The number of carbonyl (C=O) groups is 1. The summed E-state index contributed by atoms with van der Waals surface area (Å²) in [6, 6.07) is 9.92. The molecule has 30 heavy (non-hydrogen) atoms. The predicted molar refractivity (Wildman–Crippen MR) is 126 cm³/mol. The highest BCUT2D eigenvalue weighted by Gasteiger charge is 2.26. The molecule has 0 spiro atoms. The zero-order chi connectivity index (χ0) is 21.3. The van der Waals surface area contributed by atoms with Crippen molar-refractivity contribution in [2.24, 2.45) is 0 Å². The molecule has 6 nitrogen and oxygen atoms in total. The third kappa shape index (κ3) is 5.31. The van der Waals surface area contributed by atoms with E-state index in [1.54, 1.807) is 17.0 Å². The Morgan fingerprint density at radius 1 is 1.17 bits per heavy atom. The molecule has 0 bridgehead atoms. The van der Waals surface area contributed by atoms with E-state index in [1.165, 1.54) is 23.5 Å². The minimum Gasteiger partial charge on any atom is -0.308 e. The zero-order valence-corrected chi connectivity index (χ0v) is 20.3. The van der Waals surface area contributed by atoms with Gasteiger partial charge in [0.05, 0.1) is 20.7 Å². The maximum atomic E-state index is 13.4. The van der Waals surface area contributed by atoms with Crippen molar-refractivity contribution in [3.8, 4) is 0 Å². The van der Waals surface area contributed by atoms with Gasteiger partial charge in [-0.15, -0.1) is 12.4 Å². The number of amides is 1. The second kappa shape index (κ2) is 9.62. The molecule has 0 unspecified atom stereocenters. The molecule has 1 aromatic heterocycles. The van der Waals surface area contributed by atoms with Gasteiger partial charge in [-0.3, -0.25) is 9.69 Å². The van der Waals surface area contributed by atoms with Crippen LogP contribution in [0.2, 0.25) is 5.02 Å². The second-order valence-electron chi connectivity index (χ2n) is 7.09. The van der Waals surface area contributed by atoms with E-state index in [2.05, 4.69) is 4.98 Å². The number of rotatable bonds is 6. The van der Waals surface area contributed by atoms with E-state index in [0.29, 0.717) is 23.2 Å². The fourth-order valence-electron chi connectivity index (χ4n) is 2.95. The van der Waals surface area contributed by atoms with Crippen LogP contribution in [0.5, 0.6) is 0 Å². The van der Waals surface area contributed by atoms with Crippen LogP contribution in [0.4, 0.5) is 5.13 Å². The monoisotopic (exact) mass is 487 g/mol. The number of nitrogens with zero attached hydrogens (tertiary/aromatic N) is 3. The summed E-state index contributed by atoms with van der Waals surface area (Å²) in [5, 5.41) is 1.12. The summed E-state index contributed by atoms with van der Waals surface area (Å²) in [5.41, 5.74) is 1.85. The molecule has 162 valence electrons. The fraction of sp³-hybridized carbons (Fsp3) is 0.300. The lowest BCUT2D eigenvalue weighted by atomic mass is 10.2. The van der Waals surface area contributed by atoms with E-state index in [-0.39, 0.29) is 22.9 Å². The topological polar surface area (TPSA) is 70.6 Å². The largest absolute Gasteiger partial charge is 0.308 e. The maximum absolute atomic E-state index is 13.4. The first-order chi connectivity index (χ1) is 13.6. The molecule has 10 heteroatoms. The third-order valence-electron chi connectivity index (χ3n) is 4.40. The predicted octanol–water partition coefficient (Wildman–Crippen LogP) is 4.29. The molecule has 0 N–H and O–H groups in total. The number of hydrogen-bond donors (Lipinski definition) is 0. The van der Waals surface area contributed by atoms with E-state index in [4.69, 9.17) is 11.6 Å². The zero-order valence-electron chi connectivity index (χ0n) is 17.0. The van der Waals surface area contributed by atoms with Gasteiger partial charge in [0.25, 0.3) is 5.91 Å². The molecule has 1 heterocycles. The van der Waals surface area contributed by atoms with Crippen LogP contribution in [0.3, 0.4) is 0 Å². The van der Waals surface area contributed by atoms with Gasteiger partial charge in [0.15, 0.2) is 15.0 Å². The number of aryl methyl sites for hydroxylation is 1. The van der Waals surface area contributed by atoms with Gasteiger partial charge in [0, 0.05) is 24.4 Å². The molecule has 1 amide bonds. The van der Waals surface area contributed by atoms with Crippen LogP contribution < -0.4 is 4.90 Å². The van der Waals surface area contributed by atoms with Gasteiger partial charge >= 0.3 is 0 Å². The minimum atomic E-state index is -3.55. The summed E-state index contributed by atoms with van der Waals surface area (Å²) in [7, 11) is 0.269. The van der Waals surface area contributed by atoms with Crippen molar-refractivity contribution in [3.05, 3.63) is 52.5 Å². The maximum Gasteiger partial charge on any atom is 0.261 e. The highest BCUT2D eigenvalue weighted by atomic mass is 35.5. The van der Waals surface area contributed by atoms with Crippen molar-refractivity contribution >= 4 is 66.4 Å². The summed E-state index contributed by atoms with van der Waals surface area (Å²) < 4.78 is 25.3.